The minimum absolute atomic E-state index is 0.0213. The Labute approximate surface area is 58.3 Å². The Bertz CT molecular complexity index is 147. The molecular weight excluding hydrogens is 137 g/mol. The number of aliphatic carboxylic acids is 1. The maximum absolute atomic E-state index is 11.9. The predicted molar refractivity (Wildman–Crippen MR) is 35.1 cm³/mol. The fraction of sp³-hybridized carbons (Fsp3) is 0.500. The first-order chi connectivity index (χ1) is 4.54. The molecule has 0 aromatic carbocycles. The monoisotopic (exact) mass is 147 g/mol. The van der Waals surface area contributed by atoms with Crippen molar-refractivity contribution in [1.29, 1.82) is 0 Å². The second-order valence-electron chi connectivity index (χ2n) is 2.00. The Morgan fingerprint density at radius 1 is 1.80 bits per heavy atom. The highest BCUT2D eigenvalue weighted by Crippen LogP contribution is 2.04. The van der Waals surface area contributed by atoms with Crippen molar-refractivity contribution in [2.45, 2.75) is 18.9 Å². The van der Waals surface area contributed by atoms with Gasteiger partial charge in [-0.2, -0.15) is 0 Å². The molecule has 0 aliphatic heterocycles. The summed E-state index contributed by atoms with van der Waals surface area (Å²) in [4.78, 5) is 10.0. The highest BCUT2D eigenvalue weighted by atomic mass is 19.1. The number of hydrogen-bond acceptors (Lipinski definition) is 2. The van der Waals surface area contributed by atoms with Crippen molar-refractivity contribution in [3.05, 3.63) is 12.4 Å². The summed E-state index contributed by atoms with van der Waals surface area (Å²) in [5.74, 6) is -1.64. The van der Waals surface area contributed by atoms with Gasteiger partial charge in [-0.25, -0.2) is 4.39 Å². The van der Waals surface area contributed by atoms with E-state index in [4.69, 9.17) is 10.8 Å². The lowest BCUT2D eigenvalue weighted by atomic mass is 10.1. The summed E-state index contributed by atoms with van der Waals surface area (Å²) >= 11 is 0. The smallest absolute Gasteiger partial charge is 0.320 e. The van der Waals surface area contributed by atoms with Gasteiger partial charge in [-0.3, -0.25) is 4.79 Å². The summed E-state index contributed by atoms with van der Waals surface area (Å²) in [6, 6.07) is -0.979. The molecule has 0 heterocycles. The van der Waals surface area contributed by atoms with E-state index in [2.05, 4.69) is 6.58 Å². The first-order valence-electron chi connectivity index (χ1n) is 2.85. The molecule has 0 aromatic rings. The molecule has 4 heteroatoms. The molecule has 0 bridgehead atoms. The van der Waals surface area contributed by atoms with E-state index < -0.39 is 17.8 Å². The van der Waals surface area contributed by atoms with Gasteiger partial charge in [0.15, 0.2) is 0 Å². The number of nitrogens with two attached hydrogens (primary N) is 1. The average Bonchev–Trinajstić information content (AvgIpc) is 1.82. The molecule has 1 atom stereocenters. The van der Waals surface area contributed by atoms with Gasteiger partial charge in [-0.15, -0.1) is 0 Å². The highest BCUT2D eigenvalue weighted by Gasteiger charge is 2.10. The number of hydrogen-bond donors (Lipinski definition) is 2. The molecule has 0 saturated heterocycles. The van der Waals surface area contributed by atoms with E-state index in [1.165, 1.54) is 0 Å². The van der Waals surface area contributed by atoms with Crippen LogP contribution in [0.3, 0.4) is 0 Å². The van der Waals surface area contributed by atoms with Crippen LogP contribution in [0.2, 0.25) is 0 Å². The van der Waals surface area contributed by atoms with Gasteiger partial charge in [0.25, 0.3) is 0 Å². The highest BCUT2D eigenvalue weighted by molar-refractivity contribution is 5.72. The van der Waals surface area contributed by atoms with Crippen LogP contribution in [0.5, 0.6) is 0 Å². The van der Waals surface area contributed by atoms with E-state index in [9.17, 15) is 9.18 Å². The van der Waals surface area contributed by atoms with Crippen LogP contribution in [0.15, 0.2) is 12.4 Å². The molecular formula is C6H10FNO2. The fourth-order valence-electron chi connectivity index (χ4n) is 0.436. The summed E-state index contributed by atoms with van der Waals surface area (Å²) < 4.78 is 11.9. The molecule has 0 aliphatic rings. The number of carboxylic acids is 1. The van der Waals surface area contributed by atoms with E-state index in [0.717, 1.165) is 0 Å². The summed E-state index contributed by atoms with van der Waals surface area (Å²) in [6.07, 6.45) is 0.123. The number of allylic oxidation sites excluding steroid dienone is 1. The number of halogens is 1. The molecule has 0 aromatic heterocycles. The van der Waals surface area contributed by atoms with Gasteiger partial charge in [0.1, 0.15) is 6.04 Å². The first kappa shape index (κ1) is 9.10. The maximum Gasteiger partial charge on any atom is 0.320 e. The van der Waals surface area contributed by atoms with Crippen LogP contribution in [-0.4, -0.2) is 17.1 Å². The molecule has 0 unspecified atom stereocenters. The third-order valence-electron chi connectivity index (χ3n) is 1.04. The normalized spacial score (nSPS) is 12.6. The average molecular weight is 147 g/mol. The summed E-state index contributed by atoms with van der Waals surface area (Å²) in [6.45, 7) is 2.97. The molecule has 0 amide bonds. The lowest BCUT2D eigenvalue weighted by molar-refractivity contribution is -0.138. The van der Waals surface area contributed by atoms with E-state index in [0.29, 0.717) is 0 Å². The van der Waals surface area contributed by atoms with Gasteiger partial charge >= 0.3 is 5.97 Å². The van der Waals surface area contributed by atoms with Crippen LogP contribution in [0.4, 0.5) is 4.39 Å². The first-order valence-corrected chi connectivity index (χ1v) is 2.85. The zero-order valence-electron chi connectivity index (χ0n) is 5.51. The van der Waals surface area contributed by atoms with Gasteiger partial charge in [-0.05, 0) is 6.42 Å². The van der Waals surface area contributed by atoms with Gasteiger partial charge in [0.2, 0.25) is 0 Å². The van der Waals surface area contributed by atoms with Gasteiger partial charge in [0, 0.05) is 6.42 Å². The minimum atomic E-state index is -1.11. The largest absolute Gasteiger partial charge is 0.480 e. The quantitative estimate of drug-likeness (QED) is 0.614. The molecule has 3 nitrogen and oxygen atoms in total. The van der Waals surface area contributed by atoms with Crippen molar-refractivity contribution in [3.63, 3.8) is 0 Å². The van der Waals surface area contributed by atoms with E-state index in [1.807, 2.05) is 0 Å². The molecule has 10 heavy (non-hydrogen) atoms. The standard InChI is InChI=1S/C6H10FNO2/c1-4(7)2-3-5(8)6(9)10/h5H,1-3,8H2,(H,9,10)/t5-/m0/s1. The molecule has 0 spiro atoms. The Morgan fingerprint density at radius 3 is 2.60 bits per heavy atom. The van der Waals surface area contributed by atoms with Crippen molar-refractivity contribution >= 4 is 5.97 Å². The summed E-state index contributed by atoms with van der Waals surface area (Å²) in [5, 5.41) is 8.22. The topological polar surface area (TPSA) is 63.3 Å². The van der Waals surface area contributed by atoms with Gasteiger partial charge in [0.05, 0.1) is 5.83 Å². The van der Waals surface area contributed by atoms with Crippen molar-refractivity contribution in [2.24, 2.45) is 5.73 Å². The molecule has 0 fully saturated rings. The lowest BCUT2D eigenvalue weighted by Crippen LogP contribution is -2.29. The molecule has 3 N–H and O–H groups in total. The molecule has 0 rings (SSSR count). The van der Waals surface area contributed by atoms with Crippen molar-refractivity contribution in [2.75, 3.05) is 0 Å². The van der Waals surface area contributed by atoms with Crippen LogP contribution < -0.4 is 5.73 Å². The molecule has 0 radical (unpaired) electrons. The van der Waals surface area contributed by atoms with Crippen molar-refractivity contribution in [1.82, 2.24) is 0 Å². The Morgan fingerprint density at radius 2 is 2.30 bits per heavy atom. The Hall–Kier alpha value is -0.900. The maximum atomic E-state index is 11.9. The predicted octanol–water partition coefficient (Wildman–Crippen LogP) is 0.662. The van der Waals surface area contributed by atoms with Crippen molar-refractivity contribution in [3.8, 4) is 0 Å². The van der Waals surface area contributed by atoms with Crippen LogP contribution >= 0.6 is 0 Å². The molecule has 0 aliphatic carbocycles. The Kier molecular flexibility index (Phi) is 3.64. The SMILES string of the molecule is C=C(F)CC[C@H](N)C(=O)O. The third-order valence-corrected chi connectivity index (χ3v) is 1.04. The molecule has 58 valence electrons. The van der Waals surface area contributed by atoms with Gasteiger partial charge in [-0.1, -0.05) is 6.58 Å². The summed E-state index contributed by atoms with van der Waals surface area (Å²) in [7, 11) is 0. The fourth-order valence-corrected chi connectivity index (χ4v) is 0.436. The zero-order chi connectivity index (χ0) is 8.15. The lowest BCUT2D eigenvalue weighted by Gasteiger charge is -2.02. The van der Waals surface area contributed by atoms with E-state index in [-0.39, 0.29) is 12.8 Å². The van der Waals surface area contributed by atoms with Gasteiger partial charge < -0.3 is 10.8 Å². The minimum Gasteiger partial charge on any atom is -0.480 e. The van der Waals surface area contributed by atoms with Crippen LogP contribution in [0.1, 0.15) is 12.8 Å². The van der Waals surface area contributed by atoms with E-state index in [1.54, 1.807) is 0 Å². The van der Waals surface area contributed by atoms with E-state index >= 15 is 0 Å². The number of carboxylic acid groups (broad SMARTS) is 1. The van der Waals surface area contributed by atoms with Crippen molar-refractivity contribution < 1.29 is 14.3 Å². The third kappa shape index (κ3) is 4.03. The van der Waals surface area contributed by atoms with Crippen LogP contribution in [-0.2, 0) is 4.79 Å². The number of rotatable bonds is 4. The summed E-state index contributed by atoms with van der Waals surface area (Å²) in [5.41, 5.74) is 5.06. The second kappa shape index (κ2) is 4.00. The number of carbonyl (C=O) groups is 1. The van der Waals surface area contributed by atoms with Crippen LogP contribution in [0.25, 0.3) is 0 Å². The van der Waals surface area contributed by atoms with Crippen LogP contribution in [0, 0.1) is 0 Å². The Balaban J connectivity index is 3.49. The molecule has 0 saturated carbocycles. The zero-order valence-corrected chi connectivity index (χ0v) is 5.51. The second-order valence-corrected chi connectivity index (χ2v) is 2.00.